The van der Waals surface area contributed by atoms with Gasteiger partial charge in [0.25, 0.3) is 6.33 Å². The van der Waals surface area contributed by atoms with E-state index in [0.29, 0.717) is 0 Å². The van der Waals surface area contributed by atoms with Crippen molar-refractivity contribution in [3.63, 3.8) is 0 Å². The van der Waals surface area contributed by atoms with Crippen molar-refractivity contribution < 1.29 is 9.30 Å². The molecule has 5 nitrogen and oxygen atoms in total. The molecule has 0 radical (unpaired) electrons. The third kappa shape index (κ3) is 7.82. The SMILES string of the molecule is CC(C)(C)c1ccnc(-n2c3ccc(C(C)(C)c4ccccc4)cc3c3ccc(Oc4cccc(-n5[c-][n+](-c6cccc(C(C)(C)c7ccccc7)c6)cc5-c5ccccc5)c4)cc32)c1. The van der Waals surface area contributed by atoms with Crippen LogP contribution in [-0.2, 0) is 16.2 Å². The molecule has 3 aromatic heterocycles. The summed E-state index contributed by atoms with van der Waals surface area (Å²) in [7, 11) is 0. The molecule has 3 heterocycles. The number of fused-ring (bicyclic) bond motifs is 3. The van der Waals surface area contributed by atoms with Gasteiger partial charge in [0.05, 0.1) is 28.1 Å². The van der Waals surface area contributed by atoms with Crippen LogP contribution in [-0.4, -0.2) is 14.1 Å². The molecule has 0 spiro atoms. The maximum absolute atomic E-state index is 6.81. The average molecular weight is 847 g/mol. The minimum absolute atomic E-state index is 0.0390. The molecular weight excluding hydrogens is 793 g/mol. The fraction of sp³-hybridized carbons (Fsp3) is 0.167. The second-order valence-electron chi connectivity index (χ2n) is 19.2. The molecule has 0 aliphatic heterocycles. The Balaban J connectivity index is 1.05. The van der Waals surface area contributed by atoms with E-state index >= 15 is 0 Å². The summed E-state index contributed by atoms with van der Waals surface area (Å²) in [4.78, 5) is 4.97. The normalized spacial score (nSPS) is 12.2. The van der Waals surface area contributed by atoms with Crippen molar-refractivity contribution in [2.24, 2.45) is 0 Å². The maximum atomic E-state index is 6.81. The summed E-state index contributed by atoms with van der Waals surface area (Å²) >= 11 is 0. The van der Waals surface area contributed by atoms with Gasteiger partial charge in [-0.15, -0.1) is 0 Å². The fourth-order valence-electron chi connectivity index (χ4n) is 9.13. The molecule has 0 unspecified atom stereocenters. The highest BCUT2D eigenvalue weighted by Crippen LogP contribution is 2.40. The summed E-state index contributed by atoms with van der Waals surface area (Å²) < 4.78 is 13.3. The molecule has 5 heteroatoms. The average Bonchev–Trinajstić information content (AvgIpc) is 3.92. The molecule has 320 valence electrons. The zero-order chi connectivity index (χ0) is 44.9. The Labute approximate surface area is 382 Å². The van der Waals surface area contributed by atoms with Crippen LogP contribution in [0, 0.1) is 6.33 Å². The number of rotatable bonds is 10. The van der Waals surface area contributed by atoms with Crippen LogP contribution in [0.3, 0.4) is 0 Å². The van der Waals surface area contributed by atoms with Gasteiger partial charge in [0.2, 0.25) is 0 Å². The van der Waals surface area contributed by atoms with Gasteiger partial charge in [0.1, 0.15) is 17.3 Å². The van der Waals surface area contributed by atoms with Crippen LogP contribution in [0.1, 0.15) is 76.3 Å². The van der Waals surface area contributed by atoms with E-state index < -0.39 is 0 Å². The Hall–Kier alpha value is -7.50. The van der Waals surface area contributed by atoms with E-state index in [1.54, 1.807) is 0 Å². The number of hydrogen-bond acceptors (Lipinski definition) is 2. The van der Waals surface area contributed by atoms with Crippen LogP contribution in [0.15, 0.2) is 200 Å². The molecule has 0 N–H and O–H groups in total. The molecule has 0 saturated heterocycles. The molecule has 0 bridgehead atoms. The van der Waals surface area contributed by atoms with E-state index in [1.165, 1.54) is 33.2 Å². The minimum Gasteiger partial charge on any atom is -0.458 e. The first-order valence-electron chi connectivity index (χ1n) is 22.5. The lowest BCUT2D eigenvalue weighted by molar-refractivity contribution is -0.599. The number of ether oxygens (including phenoxy) is 1. The summed E-state index contributed by atoms with van der Waals surface area (Å²) in [5.74, 6) is 2.34. The molecule has 65 heavy (non-hydrogen) atoms. The van der Waals surface area contributed by atoms with Crippen molar-refractivity contribution in [1.29, 1.82) is 0 Å². The highest BCUT2D eigenvalue weighted by atomic mass is 16.5. The summed E-state index contributed by atoms with van der Waals surface area (Å²) in [5.41, 5.74) is 12.1. The fourth-order valence-corrected chi connectivity index (χ4v) is 9.13. The predicted octanol–water partition coefficient (Wildman–Crippen LogP) is 14.5. The van der Waals surface area contributed by atoms with Crippen molar-refractivity contribution >= 4 is 21.8 Å². The van der Waals surface area contributed by atoms with E-state index in [4.69, 9.17) is 9.72 Å². The molecular formula is C60H54N4O. The van der Waals surface area contributed by atoms with Gasteiger partial charge in [-0.05, 0) is 106 Å². The lowest BCUT2D eigenvalue weighted by atomic mass is 9.78. The second kappa shape index (κ2) is 16.2. The van der Waals surface area contributed by atoms with Crippen LogP contribution in [0.25, 0.3) is 50.3 Å². The van der Waals surface area contributed by atoms with E-state index in [2.05, 4.69) is 251 Å². The third-order valence-electron chi connectivity index (χ3n) is 13.2. The number of imidazole rings is 1. The molecule has 7 aromatic carbocycles. The smallest absolute Gasteiger partial charge is 0.269 e. The molecule has 10 aromatic rings. The van der Waals surface area contributed by atoms with E-state index in [-0.39, 0.29) is 16.2 Å². The second-order valence-corrected chi connectivity index (χ2v) is 19.2. The van der Waals surface area contributed by atoms with Gasteiger partial charge in [0, 0.05) is 40.1 Å². The summed E-state index contributed by atoms with van der Waals surface area (Å²) in [6.45, 7) is 15.9. The quantitative estimate of drug-likeness (QED) is 0.102. The van der Waals surface area contributed by atoms with Crippen LogP contribution in [0.5, 0.6) is 11.5 Å². The van der Waals surface area contributed by atoms with Gasteiger partial charge in [-0.3, -0.25) is 13.7 Å². The van der Waals surface area contributed by atoms with Crippen molar-refractivity contribution in [2.45, 2.75) is 64.7 Å². The Bertz CT molecular complexity index is 3320. The summed E-state index contributed by atoms with van der Waals surface area (Å²) in [6, 6.07) is 66.7. The van der Waals surface area contributed by atoms with Gasteiger partial charge >= 0.3 is 0 Å². The predicted molar refractivity (Wildman–Crippen MR) is 266 cm³/mol. The Kier molecular flexibility index (Phi) is 10.4. The first kappa shape index (κ1) is 41.5. The lowest BCUT2D eigenvalue weighted by Crippen LogP contribution is -2.29. The highest BCUT2D eigenvalue weighted by Gasteiger charge is 2.26. The summed E-state index contributed by atoms with van der Waals surface area (Å²) in [6.07, 6.45) is 7.79. The minimum atomic E-state index is -0.192. The Morgan fingerprint density at radius 3 is 1.82 bits per heavy atom. The molecule has 0 fully saturated rings. The first-order chi connectivity index (χ1) is 31.3. The van der Waals surface area contributed by atoms with Crippen LogP contribution >= 0.6 is 0 Å². The van der Waals surface area contributed by atoms with E-state index in [9.17, 15) is 0 Å². The Morgan fingerprint density at radius 1 is 0.492 bits per heavy atom. The van der Waals surface area contributed by atoms with Crippen molar-refractivity contribution in [2.75, 3.05) is 0 Å². The van der Waals surface area contributed by atoms with Crippen LogP contribution in [0.4, 0.5) is 0 Å². The number of pyridine rings is 1. The molecule has 0 saturated carbocycles. The van der Waals surface area contributed by atoms with Gasteiger partial charge in [0.15, 0.2) is 0 Å². The van der Waals surface area contributed by atoms with Crippen molar-refractivity contribution in [1.82, 2.24) is 14.1 Å². The zero-order valence-corrected chi connectivity index (χ0v) is 38.2. The standard InChI is InChI=1S/C60H54N4O/c1-58(2,3)45-33-34-61-57(37-45)64-54-32-29-47(60(6,7)44-23-15-10-16-24-44)36-53(54)52-31-30-51(39-55(52)64)65-50-28-18-27-49(38-50)63-41-62(40-56(63)42-19-11-8-12-20-42)48-26-17-25-46(35-48)59(4,5)43-21-13-9-14-22-43/h8-40H,1-7H3. The van der Waals surface area contributed by atoms with Crippen LogP contribution < -0.4 is 9.30 Å². The number of benzene rings is 7. The molecule has 0 aliphatic rings. The maximum Gasteiger partial charge on any atom is 0.269 e. The molecule has 0 amide bonds. The largest absolute Gasteiger partial charge is 0.458 e. The lowest BCUT2D eigenvalue weighted by Gasteiger charge is -2.26. The number of nitrogens with zero attached hydrogens (tertiary/aromatic N) is 4. The first-order valence-corrected chi connectivity index (χ1v) is 22.5. The van der Waals surface area contributed by atoms with Gasteiger partial charge in [-0.25, -0.2) is 4.98 Å². The molecule has 0 atom stereocenters. The van der Waals surface area contributed by atoms with Crippen LogP contribution in [0.2, 0.25) is 0 Å². The zero-order valence-electron chi connectivity index (χ0n) is 38.2. The van der Waals surface area contributed by atoms with Gasteiger partial charge in [-0.1, -0.05) is 164 Å². The summed E-state index contributed by atoms with van der Waals surface area (Å²) in [5, 5.41) is 2.32. The van der Waals surface area contributed by atoms with Crippen molar-refractivity contribution in [3.05, 3.63) is 235 Å². The number of hydrogen-bond donors (Lipinski definition) is 0. The van der Waals surface area contributed by atoms with Gasteiger partial charge < -0.3 is 4.74 Å². The van der Waals surface area contributed by atoms with E-state index in [0.717, 1.165) is 56.4 Å². The van der Waals surface area contributed by atoms with E-state index in [1.807, 2.05) is 18.3 Å². The third-order valence-corrected chi connectivity index (χ3v) is 13.2. The topological polar surface area (TPSA) is 35.9 Å². The van der Waals surface area contributed by atoms with Gasteiger partial charge in [-0.2, -0.15) is 0 Å². The number of aromatic nitrogens is 4. The Morgan fingerprint density at radius 2 is 1.12 bits per heavy atom. The van der Waals surface area contributed by atoms with Crippen molar-refractivity contribution in [3.8, 4) is 39.9 Å². The monoisotopic (exact) mass is 846 g/mol. The highest BCUT2D eigenvalue weighted by molar-refractivity contribution is 6.10. The molecule has 10 rings (SSSR count). The molecule has 0 aliphatic carbocycles.